The molecule has 3 aromatic rings. The molecule has 3 nitrogen and oxygen atoms in total. The van der Waals surface area contributed by atoms with Gasteiger partial charge >= 0.3 is 0 Å². The van der Waals surface area contributed by atoms with E-state index >= 15 is 0 Å². The highest BCUT2D eigenvalue weighted by atomic mass is 32.2. The average molecular weight is 370 g/mol. The predicted molar refractivity (Wildman–Crippen MR) is 106 cm³/mol. The second-order valence-electron chi connectivity index (χ2n) is 5.91. The number of nitrogens with two attached hydrogens (primary N) is 1. The van der Waals surface area contributed by atoms with Crippen LogP contribution >= 0.6 is 23.1 Å². The summed E-state index contributed by atoms with van der Waals surface area (Å²) in [5.41, 5.74) is 10.3. The van der Waals surface area contributed by atoms with Crippen molar-refractivity contribution in [2.24, 2.45) is 0 Å². The van der Waals surface area contributed by atoms with Crippen molar-refractivity contribution in [3.05, 3.63) is 70.9 Å². The molecule has 128 valence electrons. The number of pyridine rings is 1. The molecule has 2 N–H and O–H groups in total. The van der Waals surface area contributed by atoms with Crippen molar-refractivity contribution >= 4 is 34.6 Å². The van der Waals surface area contributed by atoms with Gasteiger partial charge in [0, 0.05) is 24.3 Å². The lowest BCUT2D eigenvalue weighted by atomic mass is 10.2. The Morgan fingerprint density at radius 2 is 1.96 bits per heavy atom. The summed E-state index contributed by atoms with van der Waals surface area (Å²) in [4.78, 5) is 12.6. The largest absolute Gasteiger partial charge is 0.392 e. The van der Waals surface area contributed by atoms with Gasteiger partial charge in [-0.05, 0) is 25.0 Å². The second-order valence-corrected chi connectivity index (χ2v) is 8.29. The van der Waals surface area contributed by atoms with Gasteiger partial charge in [-0.25, -0.2) is 0 Å². The summed E-state index contributed by atoms with van der Waals surface area (Å²) in [6.07, 6.45) is 5.01. The van der Waals surface area contributed by atoms with Gasteiger partial charge in [-0.15, -0.1) is 23.1 Å². The number of thioether (sulfide) groups is 1. The second kappa shape index (κ2) is 7.85. The van der Waals surface area contributed by atoms with Crippen LogP contribution in [0.15, 0.2) is 59.1 Å². The Labute approximate surface area is 156 Å². The zero-order valence-electron chi connectivity index (χ0n) is 14.4. The van der Waals surface area contributed by atoms with Gasteiger partial charge in [0.1, 0.15) is 14.8 Å². The Morgan fingerprint density at radius 3 is 2.64 bits per heavy atom. The minimum atomic E-state index is 0.0203. The van der Waals surface area contributed by atoms with Crippen LogP contribution in [0.1, 0.15) is 27.7 Å². The van der Waals surface area contributed by atoms with Crippen molar-refractivity contribution in [3.63, 3.8) is 0 Å². The summed E-state index contributed by atoms with van der Waals surface area (Å²) in [5.74, 6) is 0.965. The van der Waals surface area contributed by atoms with Crippen LogP contribution in [0, 0.1) is 6.92 Å². The number of anilines is 1. The summed E-state index contributed by atoms with van der Waals surface area (Å²) in [5, 5.41) is 0. The van der Waals surface area contributed by atoms with Crippen LogP contribution in [0.2, 0.25) is 0 Å². The number of carbonyl (C=O) groups is 1. The highest BCUT2D eigenvalue weighted by Crippen LogP contribution is 2.39. The van der Waals surface area contributed by atoms with Gasteiger partial charge in [-0.3, -0.25) is 4.79 Å². The third-order valence-electron chi connectivity index (χ3n) is 3.88. The van der Waals surface area contributed by atoms with Gasteiger partial charge in [-0.2, -0.15) is 4.57 Å². The van der Waals surface area contributed by atoms with E-state index in [4.69, 9.17) is 5.73 Å². The van der Waals surface area contributed by atoms with E-state index in [2.05, 4.69) is 24.3 Å². The van der Waals surface area contributed by atoms with Crippen molar-refractivity contribution < 1.29 is 9.36 Å². The Bertz CT molecular complexity index is 888. The third kappa shape index (κ3) is 4.11. The SMILES string of the molecule is CC(=O)c1sc(SCCc2ccccc2)c(-[n+]2cccc(C)c2)c1N. The number of nitrogen functional groups attached to an aromatic ring is 1. The molecule has 0 aliphatic heterocycles. The van der Waals surface area contributed by atoms with E-state index in [1.54, 1.807) is 18.7 Å². The lowest BCUT2D eigenvalue weighted by Crippen LogP contribution is -2.31. The maximum Gasteiger partial charge on any atom is 0.259 e. The number of nitrogens with zero attached hydrogens (tertiary/aromatic N) is 1. The molecule has 0 amide bonds. The number of carbonyl (C=O) groups excluding carboxylic acids is 1. The fraction of sp³-hybridized carbons (Fsp3) is 0.200. The van der Waals surface area contributed by atoms with E-state index in [0.717, 1.165) is 27.6 Å². The Hall–Kier alpha value is -2.11. The van der Waals surface area contributed by atoms with Crippen LogP contribution in [0.4, 0.5) is 5.69 Å². The number of aryl methyl sites for hydroxylation is 2. The molecule has 0 aliphatic carbocycles. The average Bonchev–Trinajstić information content (AvgIpc) is 2.92. The molecule has 0 aliphatic rings. The first-order valence-corrected chi connectivity index (χ1v) is 9.94. The van der Waals surface area contributed by atoms with E-state index in [0.29, 0.717) is 10.6 Å². The first kappa shape index (κ1) is 17.7. The number of thiophene rings is 1. The smallest absolute Gasteiger partial charge is 0.259 e. The standard InChI is InChI=1S/C20H20N2OS2/c1-14-7-6-11-22(13-14)18-17(21)19(15(2)23)25-20(18)24-12-10-16-8-4-3-5-9-16/h3-9,11,13H,10,12H2,1-2H3,(H-,21,23)/p+1. The van der Waals surface area contributed by atoms with Crippen molar-refractivity contribution in [1.29, 1.82) is 0 Å². The first-order chi connectivity index (χ1) is 12.1. The minimum Gasteiger partial charge on any atom is -0.392 e. The summed E-state index contributed by atoms with van der Waals surface area (Å²) in [6.45, 7) is 3.62. The Kier molecular flexibility index (Phi) is 5.56. The monoisotopic (exact) mass is 369 g/mol. The summed E-state index contributed by atoms with van der Waals surface area (Å²) < 4.78 is 3.12. The van der Waals surface area contributed by atoms with Crippen LogP contribution in [0.25, 0.3) is 5.69 Å². The van der Waals surface area contributed by atoms with Crippen LogP contribution in [-0.2, 0) is 6.42 Å². The number of ketones is 1. The summed E-state index contributed by atoms with van der Waals surface area (Å²) in [7, 11) is 0. The molecule has 25 heavy (non-hydrogen) atoms. The molecule has 0 radical (unpaired) electrons. The molecule has 0 unspecified atom stereocenters. The minimum absolute atomic E-state index is 0.0203. The van der Waals surface area contributed by atoms with E-state index in [9.17, 15) is 4.79 Å². The molecule has 0 saturated heterocycles. The number of rotatable bonds is 6. The molecular weight excluding hydrogens is 348 g/mol. The molecule has 1 aromatic carbocycles. The van der Waals surface area contributed by atoms with Gasteiger partial charge in [0.05, 0.1) is 0 Å². The molecule has 0 spiro atoms. The molecule has 2 heterocycles. The van der Waals surface area contributed by atoms with E-state index in [-0.39, 0.29) is 5.78 Å². The zero-order chi connectivity index (χ0) is 17.8. The number of benzene rings is 1. The summed E-state index contributed by atoms with van der Waals surface area (Å²) in [6, 6.07) is 14.5. The molecule has 0 bridgehead atoms. The number of hydrogen-bond acceptors (Lipinski definition) is 4. The lowest BCUT2D eigenvalue weighted by Gasteiger charge is -2.02. The molecule has 0 atom stereocenters. The summed E-state index contributed by atoms with van der Waals surface area (Å²) >= 11 is 3.26. The molecule has 0 fully saturated rings. The predicted octanol–water partition coefficient (Wildman–Crippen LogP) is 4.45. The number of Topliss-reactive ketones (excluding diaryl/α,β-unsaturated/α-hetero) is 1. The first-order valence-electron chi connectivity index (χ1n) is 8.14. The fourth-order valence-corrected chi connectivity index (χ4v) is 5.11. The van der Waals surface area contributed by atoms with Crippen molar-refractivity contribution in [2.45, 2.75) is 24.5 Å². The van der Waals surface area contributed by atoms with Gasteiger partial charge in [-0.1, -0.05) is 30.3 Å². The van der Waals surface area contributed by atoms with E-state index in [1.807, 2.05) is 42.1 Å². The van der Waals surface area contributed by atoms with Gasteiger partial charge in [0.25, 0.3) is 5.69 Å². The topological polar surface area (TPSA) is 47.0 Å². The molecular formula is C20H21N2OS2+. The fourth-order valence-electron chi connectivity index (χ4n) is 2.66. The highest BCUT2D eigenvalue weighted by Gasteiger charge is 2.26. The Morgan fingerprint density at radius 1 is 1.20 bits per heavy atom. The molecule has 5 heteroatoms. The van der Waals surface area contributed by atoms with Crippen LogP contribution < -0.4 is 10.3 Å². The van der Waals surface area contributed by atoms with E-state index in [1.165, 1.54) is 16.9 Å². The maximum absolute atomic E-state index is 11.9. The number of aromatic nitrogens is 1. The van der Waals surface area contributed by atoms with Crippen molar-refractivity contribution in [1.82, 2.24) is 0 Å². The zero-order valence-corrected chi connectivity index (χ0v) is 16.0. The van der Waals surface area contributed by atoms with Gasteiger partial charge in [0.15, 0.2) is 18.2 Å². The Balaban J connectivity index is 1.89. The van der Waals surface area contributed by atoms with E-state index < -0.39 is 0 Å². The maximum atomic E-state index is 11.9. The number of hydrogen-bond donors (Lipinski definition) is 1. The molecule has 0 saturated carbocycles. The lowest BCUT2D eigenvalue weighted by molar-refractivity contribution is -0.597. The van der Waals surface area contributed by atoms with Gasteiger partial charge < -0.3 is 5.73 Å². The van der Waals surface area contributed by atoms with Crippen LogP contribution in [0.3, 0.4) is 0 Å². The quantitative estimate of drug-likeness (QED) is 0.397. The van der Waals surface area contributed by atoms with Crippen molar-refractivity contribution in [2.75, 3.05) is 11.5 Å². The van der Waals surface area contributed by atoms with Crippen LogP contribution in [0.5, 0.6) is 0 Å². The highest BCUT2D eigenvalue weighted by molar-refractivity contribution is 8.01. The molecule has 2 aromatic heterocycles. The van der Waals surface area contributed by atoms with Crippen LogP contribution in [-0.4, -0.2) is 11.5 Å². The normalized spacial score (nSPS) is 10.8. The molecule has 3 rings (SSSR count). The van der Waals surface area contributed by atoms with Crippen molar-refractivity contribution in [3.8, 4) is 5.69 Å². The van der Waals surface area contributed by atoms with Gasteiger partial charge in [0.2, 0.25) is 0 Å². The third-order valence-corrected chi connectivity index (χ3v) is 6.44.